The summed E-state index contributed by atoms with van der Waals surface area (Å²) < 4.78 is 53.0. The van der Waals surface area contributed by atoms with Crippen LogP contribution < -0.4 is 0 Å². The summed E-state index contributed by atoms with van der Waals surface area (Å²) >= 11 is 6.07. The molecule has 0 aliphatic rings. The summed E-state index contributed by atoms with van der Waals surface area (Å²) in [5.41, 5.74) is 0.150. The molecule has 0 radical (unpaired) electrons. The van der Waals surface area contributed by atoms with Crippen LogP contribution in [-0.2, 0) is 6.18 Å². The average Bonchev–Trinajstić information content (AvgIpc) is 2.76. The van der Waals surface area contributed by atoms with Crippen molar-refractivity contribution in [3.8, 4) is 11.1 Å². The van der Waals surface area contributed by atoms with E-state index in [1.165, 1.54) is 12.1 Å². The first-order chi connectivity index (χ1) is 10.3. The van der Waals surface area contributed by atoms with Crippen molar-refractivity contribution in [2.75, 3.05) is 0 Å². The number of alkyl halides is 3. The van der Waals surface area contributed by atoms with Crippen LogP contribution in [-0.4, -0.2) is 4.98 Å². The highest BCUT2D eigenvalue weighted by Gasteiger charge is 2.35. The summed E-state index contributed by atoms with van der Waals surface area (Å²) in [7, 11) is 0. The minimum atomic E-state index is -4.74. The van der Waals surface area contributed by atoms with Crippen LogP contribution in [0.4, 0.5) is 17.6 Å². The van der Waals surface area contributed by atoms with E-state index in [0.29, 0.717) is 27.2 Å². The van der Waals surface area contributed by atoms with E-state index in [4.69, 9.17) is 11.6 Å². The van der Waals surface area contributed by atoms with Crippen molar-refractivity contribution in [2.24, 2.45) is 0 Å². The standard InChI is InChI=1S/C16H10ClF4N/c1-8-13(10-5-3-7-12(17)15(10)22-8)9-4-2-6-11(14(9)18)16(19,20)21/h2-7,22H,1H3. The Bertz CT molecular complexity index is 864. The molecule has 2 aromatic carbocycles. The van der Waals surface area contributed by atoms with Crippen LogP contribution in [0.3, 0.4) is 0 Å². The first-order valence-electron chi connectivity index (χ1n) is 6.43. The molecule has 22 heavy (non-hydrogen) atoms. The van der Waals surface area contributed by atoms with Crippen molar-refractivity contribution in [1.82, 2.24) is 4.98 Å². The van der Waals surface area contributed by atoms with Crippen LogP contribution in [0, 0.1) is 12.7 Å². The molecule has 0 saturated heterocycles. The fourth-order valence-electron chi connectivity index (χ4n) is 2.60. The van der Waals surface area contributed by atoms with Gasteiger partial charge in [0.2, 0.25) is 0 Å². The van der Waals surface area contributed by atoms with Crippen molar-refractivity contribution in [3.05, 3.63) is 58.5 Å². The minimum absolute atomic E-state index is 0.0964. The normalized spacial score (nSPS) is 12.1. The molecule has 1 nitrogen and oxygen atoms in total. The smallest absolute Gasteiger partial charge is 0.357 e. The van der Waals surface area contributed by atoms with Crippen LogP contribution in [0.25, 0.3) is 22.0 Å². The molecule has 114 valence electrons. The zero-order valence-electron chi connectivity index (χ0n) is 11.4. The molecule has 0 atom stereocenters. The number of halogens is 5. The van der Waals surface area contributed by atoms with Gasteiger partial charge in [0.25, 0.3) is 0 Å². The summed E-state index contributed by atoms with van der Waals surface area (Å²) in [5, 5.41) is 1.02. The van der Waals surface area contributed by atoms with Gasteiger partial charge in [-0.2, -0.15) is 13.2 Å². The maximum absolute atomic E-state index is 14.4. The van der Waals surface area contributed by atoms with Gasteiger partial charge in [0.1, 0.15) is 5.82 Å². The van der Waals surface area contributed by atoms with Gasteiger partial charge < -0.3 is 4.98 Å². The molecular weight excluding hydrogens is 318 g/mol. The highest BCUT2D eigenvalue weighted by Crippen LogP contribution is 2.40. The van der Waals surface area contributed by atoms with E-state index in [1.807, 2.05) is 0 Å². The second kappa shape index (κ2) is 5.02. The second-order valence-electron chi connectivity index (χ2n) is 4.95. The lowest BCUT2D eigenvalue weighted by Crippen LogP contribution is -2.08. The summed E-state index contributed by atoms with van der Waals surface area (Å²) in [6.45, 7) is 1.67. The molecule has 0 aliphatic heterocycles. The fraction of sp³-hybridized carbons (Fsp3) is 0.125. The monoisotopic (exact) mass is 327 g/mol. The number of rotatable bonds is 1. The van der Waals surface area contributed by atoms with Gasteiger partial charge in [0.15, 0.2) is 0 Å². The Kier molecular flexibility index (Phi) is 3.40. The second-order valence-corrected chi connectivity index (χ2v) is 5.36. The number of nitrogens with one attached hydrogen (secondary N) is 1. The first kappa shape index (κ1) is 14.9. The molecule has 0 bridgehead atoms. The van der Waals surface area contributed by atoms with Gasteiger partial charge in [0.05, 0.1) is 16.1 Å². The highest BCUT2D eigenvalue weighted by atomic mass is 35.5. The Morgan fingerprint density at radius 2 is 1.73 bits per heavy atom. The van der Waals surface area contributed by atoms with E-state index in [0.717, 1.165) is 6.07 Å². The number of hydrogen-bond donors (Lipinski definition) is 1. The van der Waals surface area contributed by atoms with Crippen molar-refractivity contribution in [3.63, 3.8) is 0 Å². The van der Waals surface area contributed by atoms with Crippen molar-refractivity contribution >= 4 is 22.5 Å². The third kappa shape index (κ3) is 2.25. The molecule has 1 N–H and O–H groups in total. The van der Waals surface area contributed by atoms with Gasteiger partial charge in [-0.3, -0.25) is 0 Å². The zero-order chi connectivity index (χ0) is 16.1. The Morgan fingerprint density at radius 1 is 1.05 bits per heavy atom. The number of para-hydroxylation sites is 1. The average molecular weight is 328 g/mol. The minimum Gasteiger partial charge on any atom is -0.357 e. The SMILES string of the molecule is Cc1[nH]c2c(Cl)cccc2c1-c1cccc(C(F)(F)F)c1F. The number of aromatic nitrogens is 1. The number of aromatic amines is 1. The maximum Gasteiger partial charge on any atom is 0.419 e. The van der Waals surface area contributed by atoms with Gasteiger partial charge in [-0.1, -0.05) is 35.9 Å². The maximum atomic E-state index is 14.4. The molecular formula is C16H10ClF4N. The van der Waals surface area contributed by atoms with Crippen molar-refractivity contribution < 1.29 is 17.6 Å². The van der Waals surface area contributed by atoms with E-state index < -0.39 is 17.6 Å². The van der Waals surface area contributed by atoms with E-state index >= 15 is 0 Å². The Balaban J connectivity index is 2.34. The molecule has 1 heterocycles. The van der Waals surface area contributed by atoms with Crippen LogP contribution in [0.5, 0.6) is 0 Å². The molecule has 0 fully saturated rings. The Hall–Kier alpha value is -2.01. The van der Waals surface area contributed by atoms with Crippen LogP contribution in [0.15, 0.2) is 36.4 Å². The summed E-state index contributed by atoms with van der Waals surface area (Å²) in [4.78, 5) is 3.00. The van der Waals surface area contributed by atoms with Crippen LogP contribution >= 0.6 is 11.6 Å². The summed E-state index contributed by atoms with van der Waals surface area (Å²) in [5.74, 6) is -1.28. The van der Waals surface area contributed by atoms with Crippen molar-refractivity contribution in [2.45, 2.75) is 13.1 Å². The lowest BCUT2D eigenvalue weighted by Gasteiger charge is -2.11. The number of H-pyrrole nitrogens is 1. The summed E-state index contributed by atoms with van der Waals surface area (Å²) in [6.07, 6.45) is -4.74. The molecule has 0 aliphatic carbocycles. The van der Waals surface area contributed by atoms with E-state index in [1.54, 1.807) is 25.1 Å². The van der Waals surface area contributed by atoms with Gasteiger partial charge in [-0.25, -0.2) is 4.39 Å². The van der Waals surface area contributed by atoms with Crippen LogP contribution in [0.2, 0.25) is 5.02 Å². The number of hydrogen-bond acceptors (Lipinski definition) is 0. The molecule has 0 unspecified atom stereocenters. The highest BCUT2D eigenvalue weighted by molar-refractivity contribution is 6.35. The Morgan fingerprint density at radius 3 is 2.41 bits per heavy atom. The topological polar surface area (TPSA) is 15.8 Å². The van der Waals surface area contributed by atoms with Gasteiger partial charge >= 0.3 is 6.18 Å². The van der Waals surface area contributed by atoms with Gasteiger partial charge in [-0.05, 0) is 19.1 Å². The van der Waals surface area contributed by atoms with Gasteiger partial charge in [0, 0.05) is 22.2 Å². The first-order valence-corrected chi connectivity index (χ1v) is 6.81. The van der Waals surface area contributed by atoms with E-state index in [-0.39, 0.29) is 5.56 Å². The van der Waals surface area contributed by atoms with Crippen LogP contribution in [0.1, 0.15) is 11.3 Å². The largest absolute Gasteiger partial charge is 0.419 e. The van der Waals surface area contributed by atoms with Crippen molar-refractivity contribution in [1.29, 1.82) is 0 Å². The molecule has 3 aromatic rings. The zero-order valence-corrected chi connectivity index (χ0v) is 12.1. The number of benzene rings is 2. The van der Waals surface area contributed by atoms with Gasteiger partial charge in [-0.15, -0.1) is 0 Å². The molecule has 0 amide bonds. The third-order valence-electron chi connectivity index (χ3n) is 3.54. The fourth-order valence-corrected chi connectivity index (χ4v) is 2.82. The third-order valence-corrected chi connectivity index (χ3v) is 3.86. The molecule has 0 saturated carbocycles. The number of aryl methyl sites for hydroxylation is 1. The molecule has 1 aromatic heterocycles. The summed E-state index contributed by atoms with van der Waals surface area (Å²) in [6, 6.07) is 8.29. The molecule has 0 spiro atoms. The lowest BCUT2D eigenvalue weighted by molar-refractivity contribution is -0.139. The predicted octanol–water partition coefficient (Wildman–Crippen LogP) is 5.95. The lowest BCUT2D eigenvalue weighted by atomic mass is 9.99. The predicted molar refractivity (Wildman–Crippen MR) is 78.4 cm³/mol. The molecule has 3 rings (SSSR count). The quantitative estimate of drug-likeness (QED) is 0.531. The van der Waals surface area contributed by atoms with E-state index in [2.05, 4.69) is 4.98 Å². The Labute approximate surface area is 128 Å². The molecule has 6 heteroatoms. The number of fused-ring (bicyclic) bond motifs is 1. The van der Waals surface area contributed by atoms with E-state index in [9.17, 15) is 17.6 Å².